The van der Waals surface area contributed by atoms with Crippen LogP contribution in [0.3, 0.4) is 0 Å². The number of fused-ring (bicyclic) bond motifs is 1. The predicted octanol–water partition coefficient (Wildman–Crippen LogP) is 1.71. The first-order chi connectivity index (χ1) is 5.70. The van der Waals surface area contributed by atoms with Gasteiger partial charge in [0.2, 0.25) is 0 Å². The Morgan fingerprint density at radius 3 is 3.08 bits per heavy atom. The van der Waals surface area contributed by atoms with Crippen LogP contribution in [-0.4, -0.2) is 0 Å². The van der Waals surface area contributed by atoms with Crippen LogP contribution in [0.5, 0.6) is 0 Å². The smallest absolute Gasteiger partial charge is 0.0363 e. The molecule has 1 heterocycles. The summed E-state index contributed by atoms with van der Waals surface area (Å²) < 4.78 is 0. The standard InChI is InChI=1S/C9H14N2S/c1-5(10)9-6-2-3-8(11)7(6)4-12-9/h4-5,8H,2-3,10-11H2,1H3. The molecule has 66 valence electrons. The zero-order valence-corrected chi connectivity index (χ0v) is 8.03. The van der Waals surface area contributed by atoms with Crippen molar-refractivity contribution >= 4 is 11.3 Å². The number of hydrogen-bond donors (Lipinski definition) is 2. The second-order valence-electron chi connectivity index (χ2n) is 3.47. The van der Waals surface area contributed by atoms with E-state index in [0.717, 1.165) is 12.8 Å². The van der Waals surface area contributed by atoms with E-state index >= 15 is 0 Å². The van der Waals surface area contributed by atoms with Crippen LogP contribution in [0, 0.1) is 0 Å². The molecule has 1 aromatic heterocycles. The third kappa shape index (κ3) is 1.09. The molecule has 0 spiro atoms. The van der Waals surface area contributed by atoms with Crippen molar-refractivity contribution in [2.45, 2.75) is 31.8 Å². The fourth-order valence-electron chi connectivity index (χ4n) is 1.83. The van der Waals surface area contributed by atoms with Gasteiger partial charge < -0.3 is 11.5 Å². The number of rotatable bonds is 1. The summed E-state index contributed by atoms with van der Waals surface area (Å²) in [5, 5.41) is 2.17. The predicted molar refractivity (Wildman–Crippen MR) is 52.2 cm³/mol. The maximum Gasteiger partial charge on any atom is 0.0363 e. The summed E-state index contributed by atoms with van der Waals surface area (Å²) in [5.74, 6) is 0. The Balaban J connectivity index is 2.43. The zero-order valence-electron chi connectivity index (χ0n) is 7.21. The van der Waals surface area contributed by atoms with Gasteiger partial charge in [0.1, 0.15) is 0 Å². The van der Waals surface area contributed by atoms with Crippen LogP contribution in [0.2, 0.25) is 0 Å². The van der Waals surface area contributed by atoms with Gasteiger partial charge >= 0.3 is 0 Å². The van der Waals surface area contributed by atoms with E-state index in [1.54, 1.807) is 11.3 Å². The lowest BCUT2D eigenvalue weighted by atomic mass is 10.1. The molecule has 0 fully saturated rings. The Hall–Kier alpha value is -0.380. The Kier molecular flexibility index (Phi) is 1.94. The van der Waals surface area contributed by atoms with Gasteiger partial charge in [-0.15, -0.1) is 11.3 Å². The quantitative estimate of drug-likeness (QED) is 0.694. The summed E-state index contributed by atoms with van der Waals surface area (Å²) in [6, 6.07) is 0.438. The first-order valence-corrected chi connectivity index (χ1v) is 5.19. The fraction of sp³-hybridized carbons (Fsp3) is 0.556. The van der Waals surface area contributed by atoms with E-state index in [1.807, 2.05) is 6.92 Å². The molecule has 4 N–H and O–H groups in total. The molecule has 12 heavy (non-hydrogen) atoms. The molecule has 1 aliphatic carbocycles. The number of hydrogen-bond acceptors (Lipinski definition) is 3. The molecule has 2 nitrogen and oxygen atoms in total. The van der Waals surface area contributed by atoms with E-state index in [4.69, 9.17) is 11.5 Å². The minimum absolute atomic E-state index is 0.170. The second kappa shape index (κ2) is 2.83. The van der Waals surface area contributed by atoms with Crippen molar-refractivity contribution in [3.63, 3.8) is 0 Å². The van der Waals surface area contributed by atoms with Crippen molar-refractivity contribution in [1.29, 1.82) is 0 Å². The summed E-state index contributed by atoms with van der Waals surface area (Å²) in [6.07, 6.45) is 2.22. The van der Waals surface area contributed by atoms with Crippen molar-refractivity contribution in [1.82, 2.24) is 0 Å². The van der Waals surface area contributed by atoms with Crippen molar-refractivity contribution in [2.75, 3.05) is 0 Å². The van der Waals surface area contributed by atoms with Gasteiger partial charge in [0, 0.05) is 17.0 Å². The van der Waals surface area contributed by atoms with Gasteiger partial charge in [0.25, 0.3) is 0 Å². The van der Waals surface area contributed by atoms with Gasteiger partial charge in [-0.05, 0) is 36.3 Å². The normalized spacial score (nSPS) is 24.1. The molecule has 0 radical (unpaired) electrons. The van der Waals surface area contributed by atoms with Crippen LogP contribution in [0.4, 0.5) is 0 Å². The van der Waals surface area contributed by atoms with Crippen molar-refractivity contribution in [2.24, 2.45) is 11.5 Å². The first kappa shape index (κ1) is 8.23. The maximum absolute atomic E-state index is 5.93. The summed E-state index contributed by atoms with van der Waals surface area (Å²) in [6.45, 7) is 2.04. The summed E-state index contributed by atoms with van der Waals surface area (Å²) in [4.78, 5) is 1.33. The lowest BCUT2D eigenvalue weighted by molar-refractivity contribution is 0.712. The topological polar surface area (TPSA) is 52.0 Å². The molecule has 0 amide bonds. The highest BCUT2D eigenvalue weighted by Gasteiger charge is 2.24. The Morgan fingerprint density at radius 2 is 2.42 bits per heavy atom. The summed E-state index contributed by atoms with van der Waals surface area (Å²) in [5.41, 5.74) is 14.5. The van der Waals surface area contributed by atoms with E-state index in [9.17, 15) is 0 Å². The van der Waals surface area contributed by atoms with Crippen LogP contribution >= 0.6 is 11.3 Å². The molecule has 2 atom stereocenters. The first-order valence-electron chi connectivity index (χ1n) is 4.31. The zero-order chi connectivity index (χ0) is 8.72. The monoisotopic (exact) mass is 182 g/mol. The van der Waals surface area contributed by atoms with Gasteiger partial charge in [-0.1, -0.05) is 0 Å². The van der Waals surface area contributed by atoms with E-state index in [2.05, 4.69) is 5.38 Å². The molecule has 0 aliphatic heterocycles. The highest BCUT2D eigenvalue weighted by molar-refractivity contribution is 7.10. The lowest BCUT2D eigenvalue weighted by Crippen LogP contribution is -2.05. The average molecular weight is 182 g/mol. The molecule has 0 bridgehead atoms. The van der Waals surface area contributed by atoms with Crippen molar-refractivity contribution < 1.29 is 0 Å². The summed E-state index contributed by atoms with van der Waals surface area (Å²) >= 11 is 1.76. The fourth-order valence-corrected chi connectivity index (χ4v) is 2.98. The van der Waals surface area contributed by atoms with Gasteiger partial charge in [-0.3, -0.25) is 0 Å². The molecule has 0 aromatic carbocycles. The second-order valence-corrected chi connectivity index (χ2v) is 4.38. The highest BCUT2D eigenvalue weighted by Crippen LogP contribution is 2.37. The van der Waals surface area contributed by atoms with Crippen LogP contribution in [0.25, 0.3) is 0 Å². The van der Waals surface area contributed by atoms with Gasteiger partial charge in [-0.2, -0.15) is 0 Å². The molecule has 2 rings (SSSR count). The Bertz CT molecular complexity index is 291. The van der Waals surface area contributed by atoms with Gasteiger partial charge in [0.05, 0.1) is 0 Å². The van der Waals surface area contributed by atoms with Crippen LogP contribution in [0.1, 0.15) is 41.4 Å². The van der Waals surface area contributed by atoms with Gasteiger partial charge in [0.15, 0.2) is 0 Å². The third-order valence-corrected chi connectivity index (χ3v) is 3.72. The van der Waals surface area contributed by atoms with E-state index in [-0.39, 0.29) is 12.1 Å². The Labute approximate surface area is 76.6 Å². The molecule has 3 heteroatoms. The van der Waals surface area contributed by atoms with Crippen molar-refractivity contribution in [3.05, 3.63) is 21.4 Å². The van der Waals surface area contributed by atoms with E-state index < -0.39 is 0 Å². The minimum Gasteiger partial charge on any atom is -0.324 e. The van der Waals surface area contributed by atoms with Crippen LogP contribution < -0.4 is 11.5 Å². The third-order valence-electron chi connectivity index (χ3n) is 2.48. The maximum atomic E-state index is 5.93. The molecule has 1 aliphatic rings. The molecule has 0 saturated heterocycles. The largest absolute Gasteiger partial charge is 0.324 e. The summed E-state index contributed by atoms with van der Waals surface area (Å²) in [7, 11) is 0. The van der Waals surface area contributed by atoms with E-state index in [0.29, 0.717) is 0 Å². The van der Waals surface area contributed by atoms with Crippen molar-refractivity contribution in [3.8, 4) is 0 Å². The molecular formula is C9H14N2S. The molecular weight excluding hydrogens is 168 g/mol. The van der Waals surface area contributed by atoms with E-state index in [1.165, 1.54) is 16.0 Å². The highest BCUT2D eigenvalue weighted by atomic mass is 32.1. The molecule has 2 unspecified atom stereocenters. The number of nitrogens with two attached hydrogens (primary N) is 2. The molecule has 0 saturated carbocycles. The average Bonchev–Trinajstić information content (AvgIpc) is 2.53. The minimum atomic E-state index is 0.170. The van der Waals surface area contributed by atoms with Gasteiger partial charge in [-0.25, -0.2) is 0 Å². The van der Waals surface area contributed by atoms with Crippen LogP contribution in [-0.2, 0) is 6.42 Å². The Morgan fingerprint density at radius 1 is 1.67 bits per heavy atom. The SMILES string of the molecule is CC(N)c1scc2c1CCC2N. The lowest BCUT2D eigenvalue weighted by Gasteiger charge is -2.03. The molecule has 1 aromatic rings. The number of thiophene rings is 1. The van der Waals surface area contributed by atoms with Crippen LogP contribution in [0.15, 0.2) is 5.38 Å².